The molecule has 1 aromatic carbocycles. The zero-order valence-electron chi connectivity index (χ0n) is 13.6. The first-order valence-electron chi connectivity index (χ1n) is 7.77. The van der Waals surface area contributed by atoms with Crippen molar-refractivity contribution in [1.29, 1.82) is 0 Å². The summed E-state index contributed by atoms with van der Waals surface area (Å²) >= 11 is 2.80. The molecule has 3 rings (SSSR count). The van der Waals surface area contributed by atoms with Crippen LogP contribution < -0.4 is 10.6 Å². The molecule has 3 aromatic rings. The van der Waals surface area contributed by atoms with Crippen molar-refractivity contribution >= 4 is 34.1 Å². The van der Waals surface area contributed by atoms with E-state index >= 15 is 0 Å². The predicted molar refractivity (Wildman–Crippen MR) is 99.7 cm³/mol. The van der Waals surface area contributed by atoms with Crippen LogP contribution in [-0.2, 0) is 11.3 Å². The van der Waals surface area contributed by atoms with E-state index in [-0.39, 0.29) is 11.9 Å². The number of nitrogens with one attached hydrogen (secondary N) is 2. The second-order valence-electron chi connectivity index (χ2n) is 5.29. The summed E-state index contributed by atoms with van der Waals surface area (Å²) in [6.45, 7) is 2.53. The van der Waals surface area contributed by atoms with Gasteiger partial charge in [-0.05, 0) is 24.6 Å². The number of rotatable bonds is 8. The Morgan fingerprint density at radius 1 is 1.24 bits per heavy atom. The summed E-state index contributed by atoms with van der Waals surface area (Å²) in [6.07, 6.45) is 1.63. The number of benzene rings is 1. The number of anilines is 1. The molecule has 0 unspecified atom stereocenters. The summed E-state index contributed by atoms with van der Waals surface area (Å²) in [7, 11) is 0. The minimum Gasteiger partial charge on any atom is -0.467 e. The molecule has 0 radical (unpaired) electrons. The molecule has 8 heteroatoms. The fraction of sp³-hybridized carbons (Fsp3) is 0.235. The molecule has 0 saturated heterocycles. The van der Waals surface area contributed by atoms with Gasteiger partial charge in [0.05, 0.1) is 24.6 Å². The molecule has 0 aliphatic heterocycles. The van der Waals surface area contributed by atoms with Crippen LogP contribution in [0.3, 0.4) is 0 Å². The third-order valence-corrected chi connectivity index (χ3v) is 5.42. The van der Waals surface area contributed by atoms with Crippen molar-refractivity contribution in [3.63, 3.8) is 0 Å². The molecule has 0 fully saturated rings. The van der Waals surface area contributed by atoms with Crippen LogP contribution in [0.5, 0.6) is 0 Å². The fourth-order valence-corrected chi connectivity index (χ4v) is 3.71. The van der Waals surface area contributed by atoms with E-state index in [1.54, 1.807) is 6.26 Å². The van der Waals surface area contributed by atoms with Gasteiger partial charge < -0.3 is 15.1 Å². The maximum atomic E-state index is 12.1. The monoisotopic (exact) mass is 374 g/mol. The van der Waals surface area contributed by atoms with Crippen molar-refractivity contribution in [3.8, 4) is 0 Å². The van der Waals surface area contributed by atoms with Crippen LogP contribution in [0.25, 0.3) is 0 Å². The highest BCUT2D eigenvalue weighted by molar-refractivity contribution is 8.01. The zero-order valence-corrected chi connectivity index (χ0v) is 15.3. The lowest BCUT2D eigenvalue weighted by molar-refractivity contribution is -0.119. The first-order valence-corrected chi connectivity index (χ1v) is 9.58. The molecule has 2 aromatic heterocycles. The Hall–Kier alpha value is -2.32. The number of hydrogen-bond acceptors (Lipinski definition) is 7. The molecule has 0 spiro atoms. The van der Waals surface area contributed by atoms with Crippen LogP contribution in [-0.4, -0.2) is 21.9 Å². The summed E-state index contributed by atoms with van der Waals surface area (Å²) in [4.78, 5) is 12.1. The normalized spacial score (nSPS) is 11.9. The van der Waals surface area contributed by atoms with Gasteiger partial charge in [0, 0.05) is 0 Å². The second kappa shape index (κ2) is 8.68. The van der Waals surface area contributed by atoms with E-state index < -0.39 is 0 Å². The summed E-state index contributed by atoms with van der Waals surface area (Å²) in [5.74, 6) is 1.12. The van der Waals surface area contributed by atoms with E-state index in [9.17, 15) is 4.79 Å². The summed E-state index contributed by atoms with van der Waals surface area (Å²) in [5.41, 5.74) is 1.08. The minimum absolute atomic E-state index is 0.0192. The molecular formula is C17H18N4O2S2. The van der Waals surface area contributed by atoms with E-state index in [0.717, 1.165) is 15.7 Å². The van der Waals surface area contributed by atoms with E-state index in [2.05, 4.69) is 20.8 Å². The topological polar surface area (TPSA) is 80.0 Å². The second-order valence-corrected chi connectivity index (χ2v) is 7.49. The molecule has 25 heavy (non-hydrogen) atoms. The van der Waals surface area contributed by atoms with Crippen LogP contribution >= 0.6 is 23.1 Å². The van der Waals surface area contributed by atoms with Gasteiger partial charge in [-0.2, -0.15) is 0 Å². The van der Waals surface area contributed by atoms with Crippen molar-refractivity contribution in [2.45, 2.75) is 23.8 Å². The molecular weight excluding hydrogens is 356 g/mol. The SMILES string of the molecule is C[C@@H](NC(=O)CSc1nnc(NCc2ccco2)s1)c1ccccc1. The summed E-state index contributed by atoms with van der Waals surface area (Å²) in [5, 5.41) is 15.0. The Labute approximate surface area is 154 Å². The molecule has 0 aliphatic carbocycles. The van der Waals surface area contributed by atoms with Crippen LogP contribution in [0.2, 0.25) is 0 Å². The third-order valence-electron chi connectivity index (χ3n) is 3.40. The maximum absolute atomic E-state index is 12.1. The Kier molecular flexibility index (Phi) is 6.08. The van der Waals surface area contributed by atoms with Crippen LogP contribution in [0.15, 0.2) is 57.5 Å². The first-order chi connectivity index (χ1) is 12.2. The Morgan fingerprint density at radius 3 is 2.84 bits per heavy atom. The average Bonchev–Trinajstić information content (AvgIpc) is 3.30. The highest BCUT2D eigenvalue weighted by atomic mass is 32.2. The number of carbonyl (C=O) groups is 1. The molecule has 0 saturated carbocycles. The van der Waals surface area contributed by atoms with Crippen molar-refractivity contribution < 1.29 is 9.21 Å². The van der Waals surface area contributed by atoms with Gasteiger partial charge in [0.25, 0.3) is 0 Å². The van der Waals surface area contributed by atoms with Crippen LogP contribution in [0.4, 0.5) is 5.13 Å². The lowest BCUT2D eigenvalue weighted by Gasteiger charge is -2.13. The zero-order chi connectivity index (χ0) is 17.5. The number of thioether (sulfide) groups is 1. The standard InChI is InChI=1S/C17H18N4O2S2/c1-12(13-6-3-2-4-7-13)19-15(22)11-24-17-21-20-16(25-17)18-10-14-8-5-9-23-14/h2-9,12H,10-11H2,1H3,(H,18,20)(H,19,22)/t12-/m1/s1. The highest BCUT2D eigenvalue weighted by Gasteiger charge is 2.11. The maximum Gasteiger partial charge on any atom is 0.230 e. The van der Waals surface area contributed by atoms with Gasteiger partial charge in [0.15, 0.2) is 4.34 Å². The molecule has 1 atom stereocenters. The van der Waals surface area contributed by atoms with Crippen molar-refractivity contribution in [1.82, 2.24) is 15.5 Å². The van der Waals surface area contributed by atoms with Gasteiger partial charge in [-0.15, -0.1) is 10.2 Å². The van der Waals surface area contributed by atoms with Crippen molar-refractivity contribution in [3.05, 3.63) is 60.1 Å². The number of carbonyl (C=O) groups excluding carboxylic acids is 1. The van der Waals surface area contributed by atoms with E-state index in [4.69, 9.17) is 4.42 Å². The first kappa shape index (κ1) is 17.5. The summed E-state index contributed by atoms with van der Waals surface area (Å²) < 4.78 is 6.00. The number of hydrogen-bond donors (Lipinski definition) is 2. The minimum atomic E-state index is -0.0263. The molecule has 6 nitrogen and oxygen atoms in total. The van der Waals surface area contributed by atoms with Gasteiger partial charge in [0.1, 0.15) is 5.76 Å². The van der Waals surface area contributed by atoms with E-state index in [1.807, 2.05) is 49.4 Å². The largest absolute Gasteiger partial charge is 0.467 e. The molecule has 1 amide bonds. The lowest BCUT2D eigenvalue weighted by Crippen LogP contribution is -2.28. The Balaban J connectivity index is 1.43. The number of furan rings is 1. The van der Waals surface area contributed by atoms with Gasteiger partial charge in [-0.3, -0.25) is 4.79 Å². The van der Waals surface area contributed by atoms with Crippen LogP contribution in [0.1, 0.15) is 24.3 Å². The van der Waals surface area contributed by atoms with E-state index in [1.165, 1.54) is 23.1 Å². The van der Waals surface area contributed by atoms with Crippen molar-refractivity contribution in [2.24, 2.45) is 0 Å². The number of aromatic nitrogens is 2. The molecule has 0 aliphatic rings. The van der Waals surface area contributed by atoms with Gasteiger partial charge in [0.2, 0.25) is 11.0 Å². The Morgan fingerprint density at radius 2 is 2.08 bits per heavy atom. The van der Waals surface area contributed by atoms with Gasteiger partial charge in [-0.1, -0.05) is 53.4 Å². The summed E-state index contributed by atoms with van der Waals surface area (Å²) in [6, 6.07) is 13.6. The van der Waals surface area contributed by atoms with Gasteiger partial charge >= 0.3 is 0 Å². The number of nitrogens with zero attached hydrogens (tertiary/aromatic N) is 2. The molecule has 2 heterocycles. The molecule has 130 valence electrons. The van der Waals surface area contributed by atoms with Crippen molar-refractivity contribution in [2.75, 3.05) is 11.1 Å². The smallest absolute Gasteiger partial charge is 0.230 e. The quantitative estimate of drug-likeness (QED) is 0.585. The fourth-order valence-electron chi connectivity index (χ4n) is 2.15. The molecule has 0 bridgehead atoms. The van der Waals surface area contributed by atoms with Crippen LogP contribution in [0, 0.1) is 0 Å². The molecule has 2 N–H and O–H groups in total. The Bertz CT molecular complexity index is 790. The average molecular weight is 374 g/mol. The lowest BCUT2D eigenvalue weighted by atomic mass is 10.1. The highest BCUT2D eigenvalue weighted by Crippen LogP contribution is 2.25. The third kappa shape index (κ3) is 5.33. The van der Waals surface area contributed by atoms with Gasteiger partial charge in [-0.25, -0.2) is 0 Å². The predicted octanol–water partition coefficient (Wildman–Crippen LogP) is 3.71. The number of amides is 1. The van der Waals surface area contributed by atoms with E-state index in [0.29, 0.717) is 17.4 Å².